The monoisotopic (exact) mass is 1960 g/mol. The van der Waals surface area contributed by atoms with Crippen LogP contribution in [0.5, 0.6) is 5.88 Å². The normalized spacial score (nSPS) is 20.8. The number of aromatic amines is 1. The number of nitrogens with zero attached hydrogens (tertiary/aromatic N) is 6. The Hall–Kier alpha value is -7.71. The number of aliphatic hydroxyl groups excluding tert-OH is 1. The number of phosphoric acid groups is 1. The van der Waals surface area contributed by atoms with Crippen molar-refractivity contribution in [2.45, 2.75) is 340 Å². The van der Waals surface area contributed by atoms with Crippen LogP contribution in [-0.2, 0) is 109 Å². The first-order chi connectivity index (χ1) is 63.9. The fourth-order valence-electron chi connectivity index (χ4n) is 15.7. The number of hydrogen-bond acceptors (Lipinski definition) is 28. The number of nitrogens with one attached hydrogen (secondary N) is 6. The number of aromatic nitrogens is 6. The molecule has 2 saturated heterocycles. The van der Waals surface area contributed by atoms with Gasteiger partial charge >= 0.3 is 39.4 Å². The van der Waals surface area contributed by atoms with Crippen LogP contribution in [0.2, 0.25) is 0 Å². The maximum absolute atomic E-state index is 14.1. The van der Waals surface area contributed by atoms with Gasteiger partial charge in [-0.15, -0.1) is 0 Å². The van der Waals surface area contributed by atoms with Crippen molar-refractivity contribution in [2.75, 3.05) is 57.3 Å². The SMILES string of the molecule is CCCCCCCCCCCCCCCCCC(=O)OC[C@H](COP(=O)(O)OCCNC(=O)CCCC(=O)N[C@H](C(=O)N[C@@H](C)C(=O)Nc1ccc(COC(=O)N(C)Cc2ccccc2C(=O)Nc2nc3c(ncn3[C@@H]3O[C@@H]4COP(O)(=S)O[C@H]5C[C@H](Oc6ccncn6)C[C@@H]5COP(=O)(S)O[C@@H]3[C@@H]4O)c(=O)[nH]2)cc1)C(C)C)OC(=O)CCCCCCCCCCCCCCCCC. The summed E-state index contributed by atoms with van der Waals surface area (Å²) in [6.45, 7) is -1.93. The van der Waals surface area contributed by atoms with Gasteiger partial charge in [0.1, 0.15) is 56.0 Å². The van der Waals surface area contributed by atoms with Crippen molar-refractivity contribution in [2.24, 2.45) is 11.8 Å². The van der Waals surface area contributed by atoms with E-state index in [0.29, 0.717) is 29.7 Å². The number of rotatable bonds is 61. The number of carbonyl (C=O) groups excluding carboxylic acids is 8. The number of thiol groups is 1. The molecule has 0 spiro atoms. The minimum atomic E-state index is -4.77. The number of H-pyrrole nitrogens is 1. The molecule has 37 nitrogen and oxygen atoms in total. The van der Waals surface area contributed by atoms with E-state index in [4.69, 9.17) is 62.6 Å². The number of benzene rings is 2. The third-order valence-electron chi connectivity index (χ3n) is 23.2. The van der Waals surface area contributed by atoms with Crippen LogP contribution in [0.1, 0.15) is 300 Å². The molecule has 5 aromatic rings. The highest BCUT2D eigenvalue weighted by atomic mass is 32.7. The lowest BCUT2D eigenvalue weighted by Crippen LogP contribution is -2.53. The lowest BCUT2D eigenvalue weighted by molar-refractivity contribution is -0.161. The van der Waals surface area contributed by atoms with Crippen LogP contribution < -0.4 is 36.9 Å². The van der Waals surface area contributed by atoms with Gasteiger partial charge in [0, 0.05) is 81.7 Å². The highest BCUT2D eigenvalue weighted by Crippen LogP contribution is 2.59. The second-order valence-corrected chi connectivity index (χ2v) is 41.9. The van der Waals surface area contributed by atoms with Crippen LogP contribution in [0.25, 0.3) is 11.2 Å². The summed E-state index contributed by atoms with van der Waals surface area (Å²) in [5.41, 5.74) is 0.0664. The van der Waals surface area contributed by atoms with Crippen LogP contribution in [0.4, 0.5) is 16.4 Å². The van der Waals surface area contributed by atoms with Crippen LogP contribution in [0, 0.1) is 11.8 Å². The summed E-state index contributed by atoms with van der Waals surface area (Å²) in [5.74, 6) is -5.10. The van der Waals surface area contributed by atoms with Crippen molar-refractivity contribution in [3.05, 3.63) is 100 Å². The van der Waals surface area contributed by atoms with E-state index in [9.17, 15) is 67.2 Å². The fraction of sp³-hybridized carbons (Fsp3) is 0.681. The number of carbonyl (C=O) groups is 8. The molecule has 2 aliphatic heterocycles. The molecule has 2 aromatic carbocycles. The summed E-state index contributed by atoms with van der Waals surface area (Å²) < 4.78 is 90.9. The van der Waals surface area contributed by atoms with Crippen molar-refractivity contribution in [1.82, 2.24) is 50.3 Å². The number of amides is 6. The van der Waals surface area contributed by atoms with Gasteiger partial charge in [-0.2, -0.15) is 4.98 Å². The van der Waals surface area contributed by atoms with Crippen molar-refractivity contribution < 1.29 is 113 Å². The Kier molecular flexibility index (Phi) is 49.4. The molecule has 1 aliphatic carbocycles. The van der Waals surface area contributed by atoms with E-state index in [1.54, 1.807) is 62.4 Å². The average Bonchev–Trinajstić information content (AvgIpc) is 1.58. The average molecular weight is 1960 g/mol. The molecule has 8 rings (SSSR count). The first kappa shape index (κ1) is 111. The Balaban J connectivity index is 0.714. The molecular weight excluding hydrogens is 1820 g/mol. The molecule has 9 N–H and O–H groups in total. The number of esters is 2. The smallest absolute Gasteiger partial charge is 0.472 e. The van der Waals surface area contributed by atoms with E-state index in [0.717, 1.165) is 51.3 Å². The molecule has 6 amide bonds. The summed E-state index contributed by atoms with van der Waals surface area (Å²) in [5, 5.41) is 24.9. The Morgan fingerprint density at radius 2 is 1.29 bits per heavy atom. The third kappa shape index (κ3) is 41.2. The molecule has 742 valence electrons. The lowest BCUT2D eigenvalue weighted by atomic mass is 10.0. The van der Waals surface area contributed by atoms with Crippen molar-refractivity contribution in [3.63, 3.8) is 0 Å². The molecule has 0 radical (unpaired) electrons. The second-order valence-electron chi connectivity index (χ2n) is 34.8. The largest absolute Gasteiger partial charge is 0.474 e. The van der Waals surface area contributed by atoms with Gasteiger partial charge in [0.05, 0.1) is 38.9 Å². The van der Waals surface area contributed by atoms with Gasteiger partial charge in [-0.3, -0.25) is 66.8 Å². The maximum atomic E-state index is 14.1. The molecule has 42 heteroatoms. The zero-order chi connectivity index (χ0) is 96.0. The van der Waals surface area contributed by atoms with Crippen LogP contribution >= 0.6 is 33.6 Å². The van der Waals surface area contributed by atoms with Crippen LogP contribution in [0.15, 0.2) is 78.2 Å². The van der Waals surface area contributed by atoms with E-state index in [-0.39, 0.29) is 106 Å². The van der Waals surface area contributed by atoms with Gasteiger partial charge < -0.3 is 78.3 Å². The van der Waals surface area contributed by atoms with E-state index in [1.165, 1.54) is 177 Å². The van der Waals surface area contributed by atoms with Gasteiger partial charge in [0.15, 0.2) is 23.5 Å². The first-order valence-electron chi connectivity index (χ1n) is 47.4. The standard InChI is InChI=1S/C91H141N12O25P3S2/c1-7-9-11-13-15-17-19-21-23-25-27-29-31-33-35-44-78(106)118-59-71(125-79(107)45-36-34-32-30-28-26-24-22-20-18-16-14-12-10-8-2)60-121-129(114,115)120-53-52-93-75(104)42-39-43-76(105)98-80(64(3)4)87(111)96-65(5)85(109)97-69-48-46-66(47-49-69)57-119-91(113)102(6)56-67-40-37-38-41-72(67)86(110)100-90-99-84-81(88(112)101-90)95-63-103(84)89-83-82(108)74(126-89)61-123-130(116,132)127-73-55-70(124-77-50-51-92-62-94-77)54-68(73)58-122-131(117,133)128-83/h37-38,40-41,46-51,62-65,68,70-71,73-74,80,82-83,89,108H,7-36,39,42-45,52-61H2,1-6H3,(H,93,104)(H,96,111)(H,97,109)(H,98,105)(H,114,115)(H,116,132)(H,117,133)(H2,99,100,101,110,112)/t65-,68+,70+,71+,73-,74+,80-,82+,83+,89+,130?,131?/m0/s1. The molecule has 2 bridgehead atoms. The molecule has 1 saturated carbocycles. The van der Waals surface area contributed by atoms with Crippen molar-refractivity contribution in [3.8, 4) is 5.88 Å². The summed E-state index contributed by atoms with van der Waals surface area (Å²) in [7, 11) is -3.32. The molecular formula is C91H141N12O25P3S2. The van der Waals surface area contributed by atoms with Crippen LogP contribution in [-0.4, -0.2) is 192 Å². The second kappa shape index (κ2) is 59.4. The number of phosphoric ester groups is 1. The molecule has 3 fully saturated rings. The van der Waals surface area contributed by atoms with Gasteiger partial charge in [-0.05, 0) is 79.7 Å². The molecule has 3 aliphatic rings. The summed E-state index contributed by atoms with van der Waals surface area (Å²) in [6, 6.07) is 12.1. The minimum Gasteiger partial charge on any atom is -0.474 e. The Morgan fingerprint density at radius 3 is 1.89 bits per heavy atom. The fourth-order valence-corrected chi connectivity index (χ4v) is 19.5. The highest BCUT2D eigenvalue weighted by Gasteiger charge is 2.51. The topological polar surface area (TPSA) is 486 Å². The predicted octanol–water partition coefficient (Wildman–Crippen LogP) is 16.1. The number of imidazole rings is 1. The predicted molar refractivity (Wildman–Crippen MR) is 506 cm³/mol. The lowest BCUT2D eigenvalue weighted by Gasteiger charge is -2.27. The minimum absolute atomic E-state index is 0.0692. The van der Waals surface area contributed by atoms with Gasteiger partial charge in [-0.1, -0.05) is 250 Å². The molecule has 3 aromatic heterocycles. The molecule has 5 heterocycles. The number of anilines is 2. The zero-order valence-electron chi connectivity index (χ0n) is 77.8. The van der Waals surface area contributed by atoms with Crippen molar-refractivity contribution >= 4 is 116 Å². The number of ether oxygens (including phenoxy) is 5. The summed E-state index contributed by atoms with van der Waals surface area (Å²) in [6.07, 6.45) is 30.7. The zero-order valence-corrected chi connectivity index (χ0v) is 82.2. The summed E-state index contributed by atoms with van der Waals surface area (Å²) >= 11 is 9.65. The summed E-state index contributed by atoms with van der Waals surface area (Å²) in [4.78, 5) is 162. The number of unbranched alkanes of at least 4 members (excludes halogenated alkanes) is 28. The molecule has 3 unspecified atom stereocenters. The molecule has 133 heavy (non-hydrogen) atoms. The number of aliphatic hydroxyl groups is 1. The van der Waals surface area contributed by atoms with Gasteiger partial charge in [-0.25, -0.2) is 28.9 Å². The van der Waals surface area contributed by atoms with Crippen LogP contribution in [0.3, 0.4) is 0 Å². The first-order valence-corrected chi connectivity index (χ1v) is 54.2. The van der Waals surface area contributed by atoms with Gasteiger partial charge in [0.25, 0.3) is 11.5 Å². The Morgan fingerprint density at radius 1 is 0.684 bits per heavy atom. The Labute approximate surface area is 790 Å². The van der Waals surface area contributed by atoms with E-state index >= 15 is 0 Å². The maximum Gasteiger partial charge on any atom is 0.472 e. The third-order valence-corrected chi connectivity index (χ3v) is 27.4. The Bertz CT molecular complexity index is 4620. The van der Waals surface area contributed by atoms with E-state index in [2.05, 4.69) is 77.6 Å². The van der Waals surface area contributed by atoms with Gasteiger partial charge in [0.2, 0.25) is 35.5 Å². The number of hydrogen-bond donors (Lipinski definition) is 10. The van der Waals surface area contributed by atoms with E-state index < -0.39 is 161 Å². The highest BCUT2D eigenvalue weighted by molar-refractivity contribution is 8.44. The quantitative estimate of drug-likeness (QED) is 0.00568. The molecule has 13 atom stereocenters. The van der Waals surface area contributed by atoms with Crippen molar-refractivity contribution in [1.29, 1.82) is 0 Å². The van der Waals surface area contributed by atoms with E-state index in [1.807, 2.05) is 0 Å². The number of fused-ring (bicyclic) bond motifs is 4.